The van der Waals surface area contributed by atoms with Crippen LogP contribution in [0, 0.1) is 5.82 Å². The molecule has 0 aliphatic carbocycles. The van der Waals surface area contributed by atoms with E-state index in [1.54, 1.807) is 24.3 Å². The van der Waals surface area contributed by atoms with Crippen molar-refractivity contribution in [2.24, 2.45) is 0 Å². The lowest BCUT2D eigenvalue weighted by molar-refractivity contribution is 0.252. The van der Waals surface area contributed by atoms with E-state index in [2.05, 4.69) is 4.98 Å². The first-order valence-electron chi connectivity index (χ1n) is 7.30. The quantitative estimate of drug-likeness (QED) is 0.721. The minimum Gasteiger partial charge on any atom is -0.504 e. The highest BCUT2D eigenvalue weighted by atomic mass is 32.1. The van der Waals surface area contributed by atoms with Gasteiger partial charge in [-0.15, -0.1) is 11.3 Å². The number of hydrogen-bond acceptors (Lipinski definition) is 5. The fourth-order valence-electron chi connectivity index (χ4n) is 2.12. The first-order chi connectivity index (χ1) is 11.2. The lowest BCUT2D eigenvalue weighted by atomic mass is 10.3. The van der Waals surface area contributed by atoms with Crippen LogP contribution in [0.4, 0.5) is 4.39 Å². The second-order valence-electron chi connectivity index (χ2n) is 4.96. The molecule has 6 heteroatoms. The molecular formula is C17H16FNO3S. The molecule has 0 unspecified atom stereocenters. The summed E-state index contributed by atoms with van der Waals surface area (Å²) < 4.78 is 25.4. The monoisotopic (exact) mass is 333 g/mol. The van der Waals surface area contributed by atoms with Crippen LogP contribution in [0.15, 0.2) is 36.4 Å². The summed E-state index contributed by atoms with van der Waals surface area (Å²) in [5.41, 5.74) is 0.618. The third-order valence-corrected chi connectivity index (χ3v) is 4.16. The first-order valence-corrected chi connectivity index (χ1v) is 8.11. The van der Waals surface area contributed by atoms with Crippen molar-refractivity contribution >= 4 is 21.6 Å². The van der Waals surface area contributed by atoms with Crippen molar-refractivity contribution in [1.82, 2.24) is 4.98 Å². The molecule has 1 heterocycles. The summed E-state index contributed by atoms with van der Waals surface area (Å²) in [6, 6.07) is 9.50. The van der Waals surface area contributed by atoms with Gasteiger partial charge in [0.1, 0.15) is 17.4 Å². The number of halogens is 1. The van der Waals surface area contributed by atoms with Crippen molar-refractivity contribution < 1.29 is 19.0 Å². The molecule has 1 N–H and O–H groups in total. The average molecular weight is 333 g/mol. The molecule has 4 nitrogen and oxygen atoms in total. The first kappa shape index (κ1) is 15.6. The number of hydrogen-bond donors (Lipinski definition) is 1. The van der Waals surface area contributed by atoms with E-state index < -0.39 is 0 Å². The van der Waals surface area contributed by atoms with Gasteiger partial charge in [0.05, 0.1) is 16.8 Å². The standard InChI is InChI=1S/C17H16FNO3S/c1-2-8-21-17-13(20)4-3-5-14(17)22-10-16-19-12-9-11(18)6-7-15(12)23-16/h3-7,9,20H,2,8,10H2,1H3. The van der Waals surface area contributed by atoms with E-state index in [-0.39, 0.29) is 18.2 Å². The number of phenols is 1. The van der Waals surface area contributed by atoms with Gasteiger partial charge in [0.2, 0.25) is 5.75 Å². The lowest BCUT2D eigenvalue weighted by Gasteiger charge is -2.12. The molecule has 120 valence electrons. The highest BCUT2D eigenvalue weighted by molar-refractivity contribution is 7.18. The molecule has 0 saturated carbocycles. The third kappa shape index (κ3) is 3.53. The van der Waals surface area contributed by atoms with E-state index in [1.165, 1.54) is 23.5 Å². The van der Waals surface area contributed by atoms with E-state index in [4.69, 9.17) is 9.47 Å². The molecule has 0 spiro atoms. The van der Waals surface area contributed by atoms with E-state index in [1.807, 2.05) is 6.92 Å². The van der Waals surface area contributed by atoms with Gasteiger partial charge in [-0.05, 0) is 30.7 Å². The smallest absolute Gasteiger partial charge is 0.203 e. The number of nitrogens with zero attached hydrogens (tertiary/aromatic N) is 1. The van der Waals surface area contributed by atoms with Crippen LogP contribution in [0.2, 0.25) is 0 Å². The molecule has 0 aliphatic heterocycles. The zero-order chi connectivity index (χ0) is 16.2. The van der Waals surface area contributed by atoms with Crippen LogP contribution in [-0.2, 0) is 6.61 Å². The number of aromatic hydroxyl groups is 1. The van der Waals surface area contributed by atoms with Crippen LogP contribution >= 0.6 is 11.3 Å². The molecule has 0 aliphatic rings. The van der Waals surface area contributed by atoms with Gasteiger partial charge in [-0.3, -0.25) is 0 Å². The van der Waals surface area contributed by atoms with Gasteiger partial charge in [0, 0.05) is 6.07 Å². The summed E-state index contributed by atoms with van der Waals surface area (Å²) in [7, 11) is 0. The number of rotatable bonds is 6. The number of aromatic nitrogens is 1. The predicted octanol–water partition coefficient (Wildman–Crippen LogP) is 4.51. The number of thiazole rings is 1. The van der Waals surface area contributed by atoms with E-state index >= 15 is 0 Å². The maximum atomic E-state index is 13.2. The molecule has 0 saturated heterocycles. The molecule has 23 heavy (non-hydrogen) atoms. The van der Waals surface area contributed by atoms with Gasteiger partial charge in [0.25, 0.3) is 0 Å². The molecule has 2 aromatic carbocycles. The van der Waals surface area contributed by atoms with Crippen LogP contribution in [-0.4, -0.2) is 16.7 Å². The Bertz CT molecular complexity index is 819. The largest absolute Gasteiger partial charge is 0.504 e. The molecule has 3 aromatic rings. The van der Waals surface area contributed by atoms with Gasteiger partial charge in [0.15, 0.2) is 11.5 Å². The third-order valence-electron chi connectivity index (χ3n) is 3.15. The van der Waals surface area contributed by atoms with Gasteiger partial charge < -0.3 is 14.6 Å². The van der Waals surface area contributed by atoms with Crippen molar-refractivity contribution in [3.8, 4) is 17.2 Å². The Labute approximate surface area is 137 Å². The predicted molar refractivity (Wildman–Crippen MR) is 87.8 cm³/mol. The van der Waals surface area contributed by atoms with Crippen LogP contribution in [0.5, 0.6) is 17.2 Å². The number of ether oxygens (including phenoxy) is 2. The van der Waals surface area contributed by atoms with Crippen LogP contribution < -0.4 is 9.47 Å². The summed E-state index contributed by atoms with van der Waals surface area (Å²) in [6.45, 7) is 2.71. The van der Waals surface area contributed by atoms with E-state index in [9.17, 15) is 9.50 Å². The summed E-state index contributed by atoms with van der Waals surface area (Å²) in [6.07, 6.45) is 0.831. The normalized spacial score (nSPS) is 10.9. The van der Waals surface area contributed by atoms with E-state index in [0.29, 0.717) is 23.6 Å². The molecule has 0 atom stereocenters. The second kappa shape index (κ2) is 6.83. The maximum absolute atomic E-state index is 13.2. The molecule has 0 amide bonds. The Kier molecular flexibility index (Phi) is 4.62. The zero-order valence-electron chi connectivity index (χ0n) is 12.6. The average Bonchev–Trinajstić information content (AvgIpc) is 2.94. The number of phenolic OH excluding ortho intramolecular Hbond substituents is 1. The summed E-state index contributed by atoms with van der Waals surface area (Å²) >= 11 is 1.45. The molecular weight excluding hydrogens is 317 g/mol. The molecule has 3 rings (SSSR count). The van der Waals surface area contributed by atoms with E-state index in [0.717, 1.165) is 16.1 Å². The van der Waals surface area contributed by atoms with Crippen LogP contribution in [0.25, 0.3) is 10.2 Å². The number of fused-ring (bicyclic) bond motifs is 1. The van der Waals surface area contributed by atoms with Crippen LogP contribution in [0.3, 0.4) is 0 Å². The zero-order valence-corrected chi connectivity index (χ0v) is 13.4. The highest BCUT2D eigenvalue weighted by Crippen LogP contribution is 2.37. The highest BCUT2D eigenvalue weighted by Gasteiger charge is 2.12. The Morgan fingerprint density at radius 2 is 2.09 bits per heavy atom. The Hall–Kier alpha value is -2.34. The van der Waals surface area contributed by atoms with Gasteiger partial charge >= 0.3 is 0 Å². The van der Waals surface area contributed by atoms with Crippen molar-refractivity contribution in [2.45, 2.75) is 20.0 Å². The fraction of sp³-hybridized carbons (Fsp3) is 0.235. The van der Waals surface area contributed by atoms with Crippen molar-refractivity contribution in [3.63, 3.8) is 0 Å². The Morgan fingerprint density at radius 1 is 1.22 bits per heavy atom. The summed E-state index contributed by atoms with van der Waals surface area (Å²) in [5, 5.41) is 10.6. The van der Waals surface area contributed by atoms with Gasteiger partial charge in [-0.25, -0.2) is 9.37 Å². The van der Waals surface area contributed by atoms with Crippen molar-refractivity contribution in [1.29, 1.82) is 0 Å². The molecule has 0 radical (unpaired) electrons. The topological polar surface area (TPSA) is 51.6 Å². The summed E-state index contributed by atoms with van der Waals surface area (Å²) in [4.78, 5) is 4.35. The maximum Gasteiger partial charge on any atom is 0.203 e. The SMILES string of the molecule is CCCOc1c(O)cccc1OCc1nc2cc(F)ccc2s1. The lowest BCUT2D eigenvalue weighted by Crippen LogP contribution is -2.00. The fourth-order valence-corrected chi connectivity index (χ4v) is 2.98. The minimum absolute atomic E-state index is 0.0438. The number of para-hydroxylation sites is 1. The minimum atomic E-state index is -0.307. The van der Waals surface area contributed by atoms with Crippen molar-refractivity contribution in [3.05, 3.63) is 47.2 Å². The van der Waals surface area contributed by atoms with Crippen LogP contribution in [0.1, 0.15) is 18.4 Å². The van der Waals surface area contributed by atoms with Gasteiger partial charge in [-0.1, -0.05) is 13.0 Å². The molecule has 0 bridgehead atoms. The Morgan fingerprint density at radius 3 is 2.91 bits per heavy atom. The Balaban J connectivity index is 1.77. The van der Waals surface area contributed by atoms with Gasteiger partial charge in [-0.2, -0.15) is 0 Å². The molecule has 1 aromatic heterocycles. The second-order valence-corrected chi connectivity index (χ2v) is 6.08. The summed E-state index contributed by atoms with van der Waals surface area (Å²) in [5.74, 6) is 0.534. The number of benzene rings is 2. The van der Waals surface area contributed by atoms with Crippen molar-refractivity contribution in [2.75, 3.05) is 6.61 Å². The molecule has 0 fully saturated rings.